The van der Waals surface area contributed by atoms with Crippen LogP contribution in [0.2, 0.25) is 0 Å². The van der Waals surface area contributed by atoms with Crippen LogP contribution < -0.4 is 22.9 Å². The first-order valence-corrected chi connectivity index (χ1v) is 5.55. The lowest BCUT2D eigenvalue weighted by Crippen LogP contribution is -2.03. The van der Waals surface area contributed by atoms with Crippen LogP contribution >= 0.6 is 0 Å². The van der Waals surface area contributed by atoms with Crippen LogP contribution in [-0.4, -0.2) is 26.2 Å². The van der Waals surface area contributed by atoms with Gasteiger partial charge in [-0.15, -0.1) is 0 Å². The van der Waals surface area contributed by atoms with Gasteiger partial charge in [0.1, 0.15) is 0 Å². The van der Waals surface area contributed by atoms with E-state index in [-0.39, 0.29) is 44.6 Å². The molecule has 0 unspecified atom stereocenters. The van der Waals surface area contributed by atoms with E-state index in [1.807, 2.05) is 0 Å². The molecule has 0 aliphatic heterocycles. The maximum Gasteiger partial charge on any atom is -0.00768 e. The highest BCUT2D eigenvalue weighted by Crippen LogP contribution is 1.77. The standard InChI is InChI=1S/C4H12N2.2C3H9N.6CH4/c5-3-1-2-4-6;2*1-2-3-4;;;;;;/h1-6H2;2*2-4H2,1H3;6*1H4. The second-order valence-corrected chi connectivity index (χ2v) is 2.86. The number of rotatable bonds is 5. The van der Waals surface area contributed by atoms with Crippen LogP contribution in [0.15, 0.2) is 0 Å². The first-order chi connectivity index (χ1) is 6.74. The molecule has 0 aromatic rings. The van der Waals surface area contributed by atoms with E-state index in [1.54, 1.807) is 0 Å². The predicted octanol–water partition coefficient (Wildman–Crippen LogP) is 4.21. The molecule has 0 amide bonds. The lowest BCUT2D eigenvalue weighted by Gasteiger charge is -1.87. The summed E-state index contributed by atoms with van der Waals surface area (Å²) in [5.74, 6) is 0. The molecule has 4 nitrogen and oxygen atoms in total. The summed E-state index contributed by atoms with van der Waals surface area (Å²) in [6.07, 6.45) is 4.33. The largest absolute Gasteiger partial charge is 0.330 e. The zero-order chi connectivity index (χ0) is 11.7. The van der Waals surface area contributed by atoms with Crippen LogP contribution in [-0.2, 0) is 0 Å². The van der Waals surface area contributed by atoms with Crippen molar-refractivity contribution < 1.29 is 0 Å². The SMILES string of the molecule is C.C.C.C.C.C.CCCN.CCCN.NCCCCN. The molecule has 0 fully saturated rings. The topological polar surface area (TPSA) is 104 Å². The summed E-state index contributed by atoms with van der Waals surface area (Å²) in [4.78, 5) is 0. The molecule has 0 radical (unpaired) electrons. The molecular weight excluding hydrogens is 248 g/mol. The van der Waals surface area contributed by atoms with Crippen molar-refractivity contribution in [3.63, 3.8) is 0 Å². The lowest BCUT2D eigenvalue weighted by molar-refractivity contribution is 0.755. The Bertz CT molecular complexity index is 50.4. The minimum atomic E-state index is 0. The van der Waals surface area contributed by atoms with E-state index in [0.29, 0.717) is 0 Å². The van der Waals surface area contributed by atoms with Crippen molar-refractivity contribution in [3.8, 4) is 0 Å². The van der Waals surface area contributed by atoms with E-state index < -0.39 is 0 Å². The molecule has 8 N–H and O–H groups in total. The molecule has 0 aliphatic rings. The zero-order valence-electron chi connectivity index (χ0n) is 9.97. The Hall–Kier alpha value is -0.160. The van der Waals surface area contributed by atoms with E-state index >= 15 is 0 Å². The van der Waals surface area contributed by atoms with Crippen molar-refractivity contribution in [2.45, 2.75) is 84.1 Å². The molecule has 20 heavy (non-hydrogen) atoms. The number of hydrogen-bond acceptors (Lipinski definition) is 4. The van der Waals surface area contributed by atoms with Gasteiger partial charge in [0.05, 0.1) is 0 Å². The van der Waals surface area contributed by atoms with Crippen molar-refractivity contribution in [1.29, 1.82) is 0 Å². The van der Waals surface area contributed by atoms with Gasteiger partial charge in [0.15, 0.2) is 0 Å². The van der Waals surface area contributed by atoms with E-state index in [2.05, 4.69) is 13.8 Å². The zero-order valence-corrected chi connectivity index (χ0v) is 9.97. The molecule has 0 atom stereocenters. The molecule has 0 spiro atoms. The third kappa shape index (κ3) is 216. The fourth-order valence-corrected chi connectivity index (χ4v) is 0.289. The van der Waals surface area contributed by atoms with Gasteiger partial charge in [-0.1, -0.05) is 58.4 Å². The smallest absolute Gasteiger partial charge is 0.00768 e. The summed E-state index contributed by atoms with van der Waals surface area (Å²) in [5.41, 5.74) is 20.4. The molecule has 0 aromatic carbocycles. The fraction of sp³-hybridized carbons (Fsp3) is 1.00. The Morgan fingerprint density at radius 2 is 0.600 bits per heavy atom. The second-order valence-electron chi connectivity index (χ2n) is 2.86. The van der Waals surface area contributed by atoms with Crippen molar-refractivity contribution in [2.75, 3.05) is 26.2 Å². The van der Waals surface area contributed by atoms with Crippen LogP contribution in [0.25, 0.3) is 0 Å². The highest BCUT2D eigenvalue weighted by Gasteiger charge is 1.75. The van der Waals surface area contributed by atoms with Gasteiger partial charge in [-0.3, -0.25) is 0 Å². The van der Waals surface area contributed by atoms with E-state index in [0.717, 1.165) is 51.9 Å². The summed E-state index contributed by atoms with van der Waals surface area (Å²) in [7, 11) is 0. The molecule has 0 rings (SSSR count). The van der Waals surface area contributed by atoms with Crippen molar-refractivity contribution in [1.82, 2.24) is 0 Å². The van der Waals surface area contributed by atoms with Crippen molar-refractivity contribution in [2.24, 2.45) is 22.9 Å². The first kappa shape index (κ1) is 59.9. The van der Waals surface area contributed by atoms with Crippen LogP contribution in [0.4, 0.5) is 0 Å². The van der Waals surface area contributed by atoms with E-state index in [4.69, 9.17) is 22.9 Å². The first-order valence-electron chi connectivity index (χ1n) is 5.55. The van der Waals surface area contributed by atoms with Gasteiger partial charge >= 0.3 is 0 Å². The Morgan fingerprint density at radius 1 is 0.450 bits per heavy atom. The average Bonchev–Trinajstić information content (AvgIpc) is 2.27. The third-order valence-corrected chi connectivity index (χ3v) is 1.24. The maximum atomic E-state index is 5.16. The molecule has 0 aliphatic carbocycles. The Kier molecular flexibility index (Phi) is 292. The Morgan fingerprint density at radius 3 is 0.650 bits per heavy atom. The molecular formula is C16H54N4. The van der Waals surface area contributed by atoms with Gasteiger partial charge in [0.25, 0.3) is 0 Å². The summed E-state index contributed by atoms with van der Waals surface area (Å²) >= 11 is 0. The van der Waals surface area contributed by atoms with Gasteiger partial charge in [-0.2, -0.15) is 0 Å². The van der Waals surface area contributed by atoms with Crippen LogP contribution in [0.3, 0.4) is 0 Å². The highest BCUT2D eigenvalue weighted by molar-refractivity contribution is 4.38. The van der Waals surface area contributed by atoms with Crippen molar-refractivity contribution >= 4 is 0 Å². The minimum Gasteiger partial charge on any atom is -0.330 e. The third-order valence-electron chi connectivity index (χ3n) is 1.24. The van der Waals surface area contributed by atoms with Crippen molar-refractivity contribution in [3.05, 3.63) is 0 Å². The molecule has 0 aromatic heterocycles. The van der Waals surface area contributed by atoms with Crippen LogP contribution in [0.1, 0.15) is 84.1 Å². The number of nitrogens with two attached hydrogens (primary N) is 4. The maximum absolute atomic E-state index is 5.16. The number of hydrogen-bond donors (Lipinski definition) is 4. The molecule has 0 heterocycles. The highest BCUT2D eigenvalue weighted by atomic mass is 14.5. The van der Waals surface area contributed by atoms with E-state index in [9.17, 15) is 0 Å². The van der Waals surface area contributed by atoms with Gasteiger partial charge in [0, 0.05) is 0 Å². The lowest BCUT2D eigenvalue weighted by atomic mass is 10.3. The van der Waals surface area contributed by atoms with Gasteiger partial charge in [-0.25, -0.2) is 0 Å². The second kappa shape index (κ2) is 97.6. The molecule has 0 saturated carbocycles. The summed E-state index contributed by atoms with van der Waals surface area (Å²) in [5, 5.41) is 0. The quantitative estimate of drug-likeness (QED) is 0.571. The molecule has 4 heteroatoms. The normalized spacial score (nSPS) is 5.70. The predicted molar refractivity (Wildman–Crippen MR) is 106 cm³/mol. The van der Waals surface area contributed by atoms with Gasteiger partial charge in [0.2, 0.25) is 0 Å². The summed E-state index contributed by atoms with van der Waals surface area (Å²) < 4.78 is 0. The fourth-order valence-electron chi connectivity index (χ4n) is 0.289. The van der Waals surface area contributed by atoms with Crippen LogP contribution in [0.5, 0.6) is 0 Å². The van der Waals surface area contributed by atoms with Gasteiger partial charge < -0.3 is 22.9 Å². The summed E-state index contributed by atoms with van der Waals surface area (Å²) in [6.45, 7) is 7.30. The molecule has 0 bridgehead atoms. The summed E-state index contributed by atoms with van der Waals surface area (Å²) in [6, 6.07) is 0. The monoisotopic (exact) mass is 302 g/mol. The Labute approximate surface area is 134 Å². The molecule has 0 saturated heterocycles. The average molecular weight is 303 g/mol. The van der Waals surface area contributed by atoms with E-state index in [1.165, 1.54) is 0 Å². The van der Waals surface area contributed by atoms with Crippen LogP contribution in [0, 0.1) is 0 Å². The number of unbranched alkanes of at least 4 members (excludes halogenated alkanes) is 1. The minimum absolute atomic E-state index is 0. The Balaban J connectivity index is -0.0000000115. The molecule has 138 valence electrons. The van der Waals surface area contributed by atoms with Gasteiger partial charge in [-0.05, 0) is 51.9 Å².